The highest BCUT2D eigenvalue weighted by Gasteiger charge is 2.12. The first-order valence-electron chi connectivity index (χ1n) is 4.90. The molecule has 1 aromatic rings. The van der Waals surface area contributed by atoms with Gasteiger partial charge in [-0.25, -0.2) is 0 Å². The van der Waals surface area contributed by atoms with Crippen molar-refractivity contribution in [3.8, 4) is 0 Å². The van der Waals surface area contributed by atoms with E-state index in [1.54, 1.807) is 24.1 Å². The Morgan fingerprint density at radius 2 is 2.24 bits per heavy atom. The van der Waals surface area contributed by atoms with Crippen molar-refractivity contribution in [3.63, 3.8) is 0 Å². The summed E-state index contributed by atoms with van der Waals surface area (Å²) in [7, 11) is 1.71. The number of halogens is 2. The Balaban J connectivity index is 2.74. The molecule has 0 unspecified atom stereocenters. The molecule has 1 rings (SSSR count). The van der Waals surface area contributed by atoms with E-state index in [4.69, 9.17) is 29.6 Å². The van der Waals surface area contributed by atoms with Gasteiger partial charge in [0.15, 0.2) is 0 Å². The van der Waals surface area contributed by atoms with Crippen molar-refractivity contribution in [2.45, 2.75) is 6.42 Å². The summed E-state index contributed by atoms with van der Waals surface area (Å²) < 4.78 is 0.923. The van der Waals surface area contributed by atoms with Crippen LogP contribution in [0.3, 0.4) is 0 Å². The van der Waals surface area contributed by atoms with Crippen LogP contribution in [0.25, 0.3) is 0 Å². The summed E-state index contributed by atoms with van der Waals surface area (Å²) in [6, 6.07) is 5.24. The number of nitrogens with zero attached hydrogens (tertiary/aromatic N) is 1. The molecular formula is C11H12ClIN2OS. The molecule has 92 valence electrons. The van der Waals surface area contributed by atoms with Gasteiger partial charge in [0.25, 0.3) is 5.91 Å². The predicted octanol–water partition coefficient (Wildman–Crippen LogP) is 2.69. The van der Waals surface area contributed by atoms with Gasteiger partial charge in [-0.05, 0) is 40.8 Å². The maximum absolute atomic E-state index is 12.0. The lowest BCUT2D eigenvalue weighted by Gasteiger charge is -2.17. The molecular weight excluding hydrogens is 371 g/mol. The number of amides is 1. The fourth-order valence-electron chi connectivity index (χ4n) is 1.23. The minimum absolute atomic E-state index is 0.0837. The van der Waals surface area contributed by atoms with Crippen LogP contribution in [0, 0.1) is 3.57 Å². The molecule has 0 saturated carbocycles. The number of hydrogen-bond donors (Lipinski definition) is 1. The second kappa shape index (κ2) is 6.51. The molecule has 0 aliphatic rings. The van der Waals surface area contributed by atoms with Gasteiger partial charge in [-0.2, -0.15) is 0 Å². The number of rotatable bonds is 4. The molecule has 0 aliphatic carbocycles. The second-order valence-corrected chi connectivity index (χ2v) is 5.67. The van der Waals surface area contributed by atoms with Gasteiger partial charge in [-0.3, -0.25) is 4.79 Å². The van der Waals surface area contributed by atoms with Gasteiger partial charge in [-0.15, -0.1) is 0 Å². The summed E-state index contributed by atoms with van der Waals surface area (Å²) in [6.07, 6.45) is 0.523. The monoisotopic (exact) mass is 382 g/mol. The summed E-state index contributed by atoms with van der Waals surface area (Å²) in [5.74, 6) is -0.0837. The Bertz CT molecular complexity index is 453. The zero-order chi connectivity index (χ0) is 13.0. The van der Waals surface area contributed by atoms with E-state index in [1.165, 1.54) is 0 Å². The Kier molecular flexibility index (Phi) is 5.61. The third kappa shape index (κ3) is 4.40. The van der Waals surface area contributed by atoms with Crippen molar-refractivity contribution < 1.29 is 4.79 Å². The fraction of sp³-hybridized carbons (Fsp3) is 0.273. The van der Waals surface area contributed by atoms with E-state index < -0.39 is 0 Å². The van der Waals surface area contributed by atoms with E-state index in [2.05, 4.69) is 22.6 Å². The maximum Gasteiger partial charge on any atom is 0.253 e. The number of hydrogen-bond acceptors (Lipinski definition) is 2. The van der Waals surface area contributed by atoms with Gasteiger partial charge < -0.3 is 10.6 Å². The van der Waals surface area contributed by atoms with Crippen LogP contribution in [0.5, 0.6) is 0 Å². The van der Waals surface area contributed by atoms with Crippen molar-refractivity contribution in [2.24, 2.45) is 5.73 Å². The molecule has 17 heavy (non-hydrogen) atoms. The molecule has 1 amide bonds. The summed E-state index contributed by atoms with van der Waals surface area (Å²) in [5.41, 5.74) is 5.97. The predicted molar refractivity (Wildman–Crippen MR) is 82.5 cm³/mol. The SMILES string of the molecule is CN(CCC(N)=S)C(=O)c1ccc(I)c(Cl)c1. The Labute approximate surface area is 124 Å². The van der Waals surface area contributed by atoms with Crippen LogP contribution in [0.15, 0.2) is 18.2 Å². The third-order valence-electron chi connectivity index (χ3n) is 2.21. The van der Waals surface area contributed by atoms with Gasteiger partial charge in [0.05, 0.1) is 10.0 Å². The standard InChI is InChI=1S/C11H12ClIN2OS/c1-15(5-4-10(14)17)11(16)7-2-3-9(13)8(12)6-7/h2-3,6H,4-5H2,1H3,(H2,14,17). The Hall–Kier alpha value is -0.400. The lowest BCUT2D eigenvalue weighted by atomic mass is 10.2. The molecule has 2 N–H and O–H groups in total. The number of carbonyl (C=O) groups excluding carboxylic acids is 1. The highest BCUT2D eigenvalue weighted by molar-refractivity contribution is 14.1. The van der Waals surface area contributed by atoms with Crippen LogP contribution in [0.1, 0.15) is 16.8 Å². The van der Waals surface area contributed by atoms with Gasteiger partial charge >= 0.3 is 0 Å². The van der Waals surface area contributed by atoms with Crippen LogP contribution in [0.4, 0.5) is 0 Å². The molecule has 0 fully saturated rings. The van der Waals surface area contributed by atoms with Crippen LogP contribution < -0.4 is 5.73 Å². The van der Waals surface area contributed by atoms with Crippen molar-refractivity contribution in [1.29, 1.82) is 0 Å². The first-order valence-corrected chi connectivity index (χ1v) is 6.77. The molecule has 0 aliphatic heterocycles. The number of benzene rings is 1. The smallest absolute Gasteiger partial charge is 0.253 e. The summed E-state index contributed by atoms with van der Waals surface area (Å²) in [4.78, 5) is 14.0. The van der Waals surface area contributed by atoms with Crippen molar-refractivity contribution in [3.05, 3.63) is 32.4 Å². The number of thiocarbonyl (C=S) groups is 1. The first kappa shape index (κ1) is 14.7. The number of nitrogens with two attached hydrogens (primary N) is 1. The van der Waals surface area contributed by atoms with Gasteiger partial charge in [0.1, 0.15) is 0 Å². The Morgan fingerprint density at radius 1 is 1.59 bits per heavy atom. The van der Waals surface area contributed by atoms with E-state index in [0.717, 1.165) is 3.57 Å². The molecule has 0 atom stereocenters. The van der Waals surface area contributed by atoms with Crippen molar-refractivity contribution in [1.82, 2.24) is 4.90 Å². The highest BCUT2D eigenvalue weighted by atomic mass is 127. The lowest BCUT2D eigenvalue weighted by Crippen LogP contribution is -2.30. The van der Waals surface area contributed by atoms with Crippen LogP contribution >= 0.6 is 46.4 Å². The Morgan fingerprint density at radius 3 is 2.76 bits per heavy atom. The highest BCUT2D eigenvalue weighted by Crippen LogP contribution is 2.20. The molecule has 0 saturated heterocycles. The molecule has 0 aromatic heterocycles. The summed E-state index contributed by atoms with van der Waals surface area (Å²) in [5, 5.41) is 0.583. The average Bonchev–Trinajstić information content (AvgIpc) is 2.28. The first-order chi connectivity index (χ1) is 7.91. The quantitative estimate of drug-likeness (QED) is 0.643. The van der Waals surface area contributed by atoms with E-state index in [9.17, 15) is 4.79 Å². The van der Waals surface area contributed by atoms with Gasteiger partial charge in [0, 0.05) is 29.1 Å². The van der Waals surface area contributed by atoms with E-state index in [0.29, 0.717) is 28.5 Å². The summed E-state index contributed by atoms with van der Waals surface area (Å²) >= 11 is 12.9. The topological polar surface area (TPSA) is 46.3 Å². The zero-order valence-corrected chi connectivity index (χ0v) is 13.0. The molecule has 0 radical (unpaired) electrons. The maximum atomic E-state index is 12.0. The third-order valence-corrected chi connectivity index (χ3v) is 3.98. The minimum atomic E-state index is -0.0837. The van der Waals surface area contributed by atoms with Crippen LogP contribution in [0.2, 0.25) is 5.02 Å². The van der Waals surface area contributed by atoms with Crippen LogP contribution in [-0.2, 0) is 0 Å². The van der Waals surface area contributed by atoms with Gasteiger partial charge in [0.2, 0.25) is 0 Å². The minimum Gasteiger partial charge on any atom is -0.393 e. The van der Waals surface area contributed by atoms with Crippen LogP contribution in [-0.4, -0.2) is 29.4 Å². The zero-order valence-electron chi connectivity index (χ0n) is 9.24. The number of carbonyl (C=O) groups is 1. The van der Waals surface area contributed by atoms with Crippen molar-refractivity contribution >= 4 is 57.3 Å². The summed E-state index contributed by atoms with van der Waals surface area (Å²) in [6.45, 7) is 0.512. The van der Waals surface area contributed by atoms with E-state index >= 15 is 0 Å². The molecule has 1 aromatic carbocycles. The molecule has 0 spiro atoms. The van der Waals surface area contributed by atoms with E-state index in [-0.39, 0.29) is 5.91 Å². The molecule has 0 bridgehead atoms. The normalized spacial score (nSPS) is 10.1. The molecule has 0 heterocycles. The largest absolute Gasteiger partial charge is 0.393 e. The van der Waals surface area contributed by atoms with E-state index in [1.807, 2.05) is 6.07 Å². The molecule has 3 nitrogen and oxygen atoms in total. The lowest BCUT2D eigenvalue weighted by molar-refractivity contribution is 0.0799. The second-order valence-electron chi connectivity index (χ2n) is 3.57. The average molecular weight is 383 g/mol. The van der Waals surface area contributed by atoms with Gasteiger partial charge in [-0.1, -0.05) is 23.8 Å². The fourth-order valence-corrected chi connectivity index (χ4v) is 1.84. The van der Waals surface area contributed by atoms with Crippen molar-refractivity contribution in [2.75, 3.05) is 13.6 Å². The molecule has 6 heteroatoms.